The number of halogens is 1. The van der Waals surface area contributed by atoms with E-state index in [9.17, 15) is 4.39 Å². The molecule has 1 aromatic rings. The lowest BCUT2D eigenvalue weighted by molar-refractivity contribution is 0.360. The molecule has 3 nitrogen and oxygen atoms in total. The Morgan fingerprint density at radius 1 is 1.20 bits per heavy atom. The van der Waals surface area contributed by atoms with Gasteiger partial charge in [0, 0.05) is 31.9 Å². The van der Waals surface area contributed by atoms with Gasteiger partial charge in [0.05, 0.1) is 0 Å². The van der Waals surface area contributed by atoms with Crippen molar-refractivity contribution >= 4 is 5.69 Å². The monoisotopic (exact) mass is 279 g/mol. The van der Waals surface area contributed by atoms with Gasteiger partial charge in [0.1, 0.15) is 5.82 Å². The number of hydrogen-bond acceptors (Lipinski definition) is 3. The molecule has 1 N–H and O–H groups in total. The Morgan fingerprint density at radius 2 is 2.05 bits per heavy atom. The SMILES string of the molecule is CCCNCc1cc(F)ccc1N1CCCN(C)CC1. The number of nitrogens with zero attached hydrogens (tertiary/aromatic N) is 2. The largest absolute Gasteiger partial charge is 0.370 e. The fourth-order valence-corrected chi connectivity index (χ4v) is 2.69. The summed E-state index contributed by atoms with van der Waals surface area (Å²) in [6.45, 7) is 8.13. The predicted molar refractivity (Wildman–Crippen MR) is 82.7 cm³/mol. The van der Waals surface area contributed by atoms with Gasteiger partial charge in [-0.05, 0) is 56.7 Å². The lowest BCUT2D eigenvalue weighted by Gasteiger charge is -2.25. The molecule has 4 heteroatoms. The molecule has 1 fully saturated rings. The van der Waals surface area contributed by atoms with Crippen LogP contribution < -0.4 is 10.2 Å². The third-order valence-corrected chi connectivity index (χ3v) is 3.84. The molecule has 0 radical (unpaired) electrons. The fraction of sp³-hybridized carbons (Fsp3) is 0.625. The van der Waals surface area contributed by atoms with Crippen LogP contribution in [-0.2, 0) is 6.54 Å². The second-order valence-electron chi connectivity index (χ2n) is 5.59. The summed E-state index contributed by atoms with van der Waals surface area (Å²) in [6.07, 6.45) is 2.26. The Bertz CT molecular complexity index is 422. The molecule has 0 spiro atoms. The first-order chi connectivity index (χ1) is 9.70. The van der Waals surface area contributed by atoms with Gasteiger partial charge in [-0.2, -0.15) is 0 Å². The van der Waals surface area contributed by atoms with Crippen molar-refractivity contribution in [2.24, 2.45) is 0 Å². The van der Waals surface area contributed by atoms with Crippen LogP contribution in [-0.4, -0.2) is 44.7 Å². The van der Waals surface area contributed by atoms with E-state index in [-0.39, 0.29) is 5.82 Å². The number of benzene rings is 1. The predicted octanol–water partition coefficient (Wildman–Crippen LogP) is 2.47. The minimum absolute atomic E-state index is 0.144. The van der Waals surface area contributed by atoms with E-state index in [4.69, 9.17) is 0 Å². The molecule has 0 amide bonds. The summed E-state index contributed by atoms with van der Waals surface area (Å²) < 4.78 is 13.5. The van der Waals surface area contributed by atoms with Gasteiger partial charge in [0.2, 0.25) is 0 Å². The molecule has 0 aliphatic carbocycles. The van der Waals surface area contributed by atoms with Crippen LogP contribution in [0.25, 0.3) is 0 Å². The highest BCUT2D eigenvalue weighted by Crippen LogP contribution is 2.23. The van der Waals surface area contributed by atoms with Gasteiger partial charge in [-0.3, -0.25) is 0 Å². The molecular formula is C16H26FN3. The van der Waals surface area contributed by atoms with Gasteiger partial charge >= 0.3 is 0 Å². The van der Waals surface area contributed by atoms with Crippen molar-refractivity contribution < 1.29 is 4.39 Å². The zero-order valence-corrected chi connectivity index (χ0v) is 12.7. The van der Waals surface area contributed by atoms with Crippen molar-refractivity contribution in [3.05, 3.63) is 29.6 Å². The Labute approximate surface area is 121 Å². The van der Waals surface area contributed by atoms with Gasteiger partial charge in [-0.25, -0.2) is 4.39 Å². The average Bonchev–Trinajstić information content (AvgIpc) is 2.64. The third-order valence-electron chi connectivity index (χ3n) is 3.84. The van der Waals surface area contributed by atoms with Crippen LogP contribution in [0.15, 0.2) is 18.2 Å². The molecule has 112 valence electrons. The summed E-state index contributed by atoms with van der Waals surface area (Å²) in [5.41, 5.74) is 2.26. The molecule has 1 heterocycles. The van der Waals surface area contributed by atoms with E-state index >= 15 is 0 Å². The van der Waals surface area contributed by atoms with E-state index < -0.39 is 0 Å². The standard InChI is InChI=1S/C16H26FN3/c1-3-7-18-13-14-12-15(17)5-6-16(14)20-9-4-8-19(2)10-11-20/h5-6,12,18H,3-4,7-11,13H2,1-2H3. The summed E-state index contributed by atoms with van der Waals surface area (Å²) in [7, 11) is 2.16. The topological polar surface area (TPSA) is 18.5 Å². The smallest absolute Gasteiger partial charge is 0.123 e. The first-order valence-electron chi connectivity index (χ1n) is 7.63. The zero-order chi connectivity index (χ0) is 14.4. The van der Waals surface area contributed by atoms with Crippen LogP contribution in [0.4, 0.5) is 10.1 Å². The summed E-state index contributed by atoms with van der Waals surface area (Å²) in [4.78, 5) is 4.75. The molecule has 20 heavy (non-hydrogen) atoms. The molecular weight excluding hydrogens is 253 g/mol. The van der Waals surface area contributed by atoms with E-state index in [1.807, 2.05) is 6.07 Å². The first kappa shape index (κ1) is 15.3. The van der Waals surface area contributed by atoms with Crippen LogP contribution in [0.1, 0.15) is 25.3 Å². The van der Waals surface area contributed by atoms with Crippen molar-refractivity contribution in [1.82, 2.24) is 10.2 Å². The van der Waals surface area contributed by atoms with Crippen LogP contribution in [0.3, 0.4) is 0 Å². The Kier molecular flexibility index (Phi) is 5.80. The summed E-state index contributed by atoms with van der Waals surface area (Å²) in [6, 6.07) is 5.18. The molecule has 0 saturated carbocycles. The van der Waals surface area contributed by atoms with Gasteiger partial charge in [-0.15, -0.1) is 0 Å². The summed E-state index contributed by atoms with van der Waals surface area (Å²) in [5, 5.41) is 3.38. The summed E-state index contributed by atoms with van der Waals surface area (Å²) >= 11 is 0. The van der Waals surface area contributed by atoms with E-state index in [1.54, 1.807) is 12.1 Å². The second kappa shape index (κ2) is 7.60. The van der Waals surface area contributed by atoms with Crippen LogP contribution in [0, 0.1) is 5.82 Å². The van der Waals surface area contributed by atoms with Crippen molar-refractivity contribution in [2.45, 2.75) is 26.3 Å². The molecule has 1 aromatic carbocycles. The van der Waals surface area contributed by atoms with Crippen molar-refractivity contribution in [2.75, 3.05) is 44.7 Å². The molecule has 0 bridgehead atoms. The van der Waals surface area contributed by atoms with Gasteiger partial charge < -0.3 is 15.1 Å². The molecule has 2 rings (SSSR count). The number of anilines is 1. The lowest BCUT2D eigenvalue weighted by atomic mass is 10.1. The molecule has 1 aliphatic rings. The number of nitrogens with one attached hydrogen (secondary N) is 1. The average molecular weight is 279 g/mol. The van der Waals surface area contributed by atoms with Gasteiger partial charge in [-0.1, -0.05) is 6.92 Å². The second-order valence-corrected chi connectivity index (χ2v) is 5.59. The minimum atomic E-state index is -0.144. The van der Waals surface area contributed by atoms with Crippen LogP contribution in [0.5, 0.6) is 0 Å². The number of hydrogen-bond donors (Lipinski definition) is 1. The van der Waals surface area contributed by atoms with Crippen LogP contribution in [0.2, 0.25) is 0 Å². The van der Waals surface area contributed by atoms with Gasteiger partial charge in [0.25, 0.3) is 0 Å². The molecule has 1 aliphatic heterocycles. The van der Waals surface area contributed by atoms with Gasteiger partial charge in [0.15, 0.2) is 0 Å². The maximum Gasteiger partial charge on any atom is 0.123 e. The lowest BCUT2D eigenvalue weighted by Crippen LogP contribution is -2.30. The first-order valence-corrected chi connectivity index (χ1v) is 7.63. The molecule has 1 saturated heterocycles. The highest BCUT2D eigenvalue weighted by Gasteiger charge is 2.15. The molecule has 0 aromatic heterocycles. The Morgan fingerprint density at radius 3 is 2.85 bits per heavy atom. The maximum absolute atomic E-state index is 13.5. The van der Waals surface area contributed by atoms with E-state index in [2.05, 4.69) is 29.1 Å². The molecule has 0 atom stereocenters. The zero-order valence-electron chi connectivity index (χ0n) is 12.7. The van der Waals surface area contributed by atoms with E-state index in [0.717, 1.165) is 57.7 Å². The van der Waals surface area contributed by atoms with E-state index in [1.165, 1.54) is 5.69 Å². The van der Waals surface area contributed by atoms with Crippen molar-refractivity contribution in [3.8, 4) is 0 Å². The van der Waals surface area contributed by atoms with Crippen molar-refractivity contribution in [1.29, 1.82) is 0 Å². The number of likely N-dealkylation sites (N-methyl/N-ethyl adjacent to an activating group) is 1. The van der Waals surface area contributed by atoms with E-state index in [0.29, 0.717) is 0 Å². The highest BCUT2D eigenvalue weighted by molar-refractivity contribution is 5.54. The van der Waals surface area contributed by atoms with Crippen molar-refractivity contribution in [3.63, 3.8) is 0 Å². The third kappa shape index (κ3) is 4.18. The van der Waals surface area contributed by atoms with Crippen LogP contribution >= 0.6 is 0 Å². The summed E-state index contributed by atoms with van der Waals surface area (Å²) in [5.74, 6) is -0.144. The maximum atomic E-state index is 13.5. The number of rotatable bonds is 5. The molecule has 0 unspecified atom stereocenters. The quantitative estimate of drug-likeness (QED) is 0.835. The Balaban J connectivity index is 2.12. The normalized spacial score (nSPS) is 17.2. The fourth-order valence-electron chi connectivity index (χ4n) is 2.69. The highest BCUT2D eigenvalue weighted by atomic mass is 19.1. The minimum Gasteiger partial charge on any atom is -0.370 e. The Hall–Kier alpha value is -1.13.